The highest BCUT2D eigenvalue weighted by molar-refractivity contribution is 9.10. The molecule has 0 aliphatic heterocycles. The van der Waals surface area contributed by atoms with E-state index in [2.05, 4.69) is 15.9 Å². The fraction of sp³-hybridized carbons (Fsp3) is 0.333. The molecule has 0 bridgehead atoms. The van der Waals surface area contributed by atoms with Crippen molar-refractivity contribution in [3.05, 3.63) is 32.7 Å². The maximum absolute atomic E-state index is 11.8. The van der Waals surface area contributed by atoms with Crippen LogP contribution in [0.5, 0.6) is 0 Å². The van der Waals surface area contributed by atoms with E-state index in [4.69, 9.17) is 0 Å². The maximum atomic E-state index is 11.8. The number of hydrogen-bond donors (Lipinski definition) is 0. The molecule has 0 aliphatic rings. The second-order valence-electron chi connectivity index (χ2n) is 4.00. The molecule has 0 saturated carbocycles. The van der Waals surface area contributed by atoms with Crippen molar-refractivity contribution in [1.29, 1.82) is 0 Å². The van der Waals surface area contributed by atoms with Crippen LogP contribution in [0.3, 0.4) is 0 Å². The Kier molecular flexibility index (Phi) is 2.95. The van der Waals surface area contributed by atoms with E-state index in [0.717, 1.165) is 15.5 Å². The molecule has 5 heteroatoms. The molecule has 90 valence electrons. The maximum Gasteiger partial charge on any atom is 0.328 e. The normalized spacial score (nSPS) is 11.1. The summed E-state index contributed by atoms with van der Waals surface area (Å²) in [4.78, 5) is 23.5. The van der Waals surface area contributed by atoms with Gasteiger partial charge in [-0.05, 0) is 28.1 Å². The van der Waals surface area contributed by atoms with Gasteiger partial charge in [0, 0.05) is 30.6 Å². The second-order valence-corrected chi connectivity index (χ2v) is 4.85. The van der Waals surface area contributed by atoms with Crippen molar-refractivity contribution in [3.8, 4) is 0 Å². The van der Waals surface area contributed by atoms with Crippen LogP contribution in [0.1, 0.15) is 23.7 Å². The topological polar surface area (TPSA) is 44.0 Å². The van der Waals surface area contributed by atoms with Crippen LogP contribution in [0.4, 0.5) is 0 Å². The standard InChI is InChI=1S/C12H13BrN2O2/c1-4-11(16)7-5-9-10(6-8(7)13)15(3)12(17)14(9)2/h5-6H,4H2,1-3H3. The molecule has 0 N–H and O–H groups in total. The van der Waals surface area contributed by atoms with Crippen LogP contribution in [-0.4, -0.2) is 14.9 Å². The molecule has 0 amide bonds. The minimum Gasteiger partial charge on any atom is -0.295 e. The van der Waals surface area contributed by atoms with Crippen LogP contribution in [0, 0.1) is 0 Å². The molecule has 0 fully saturated rings. The van der Waals surface area contributed by atoms with E-state index in [9.17, 15) is 9.59 Å². The number of rotatable bonds is 2. The van der Waals surface area contributed by atoms with Crippen molar-refractivity contribution in [2.75, 3.05) is 0 Å². The van der Waals surface area contributed by atoms with Gasteiger partial charge in [-0.2, -0.15) is 0 Å². The van der Waals surface area contributed by atoms with Crippen LogP contribution in [0.2, 0.25) is 0 Å². The molecule has 0 spiro atoms. The molecule has 1 aromatic carbocycles. The van der Waals surface area contributed by atoms with E-state index in [1.54, 1.807) is 29.3 Å². The number of Topliss-reactive ketones (excluding diaryl/α,β-unsaturated/α-hetero) is 1. The number of halogens is 1. The lowest BCUT2D eigenvalue weighted by Gasteiger charge is -2.03. The summed E-state index contributed by atoms with van der Waals surface area (Å²) >= 11 is 3.38. The molecular weight excluding hydrogens is 284 g/mol. The van der Waals surface area contributed by atoms with Crippen LogP contribution in [0.25, 0.3) is 11.0 Å². The van der Waals surface area contributed by atoms with Gasteiger partial charge in [0.1, 0.15) is 0 Å². The van der Waals surface area contributed by atoms with Crippen molar-refractivity contribution in [2.45, 2.75) is 13.3 Å². The van der Waals surface area contributed by atoms with E-state index in [1.807, 2.05) is 13.0 Å². The van der Waals surface area contributed by atoms with Crippen molar-refractivity contribution in [3.63, 3.8) is 0 Å². The first-order chi connectivity index (χ1) is 7.97. The van der Waals surface area contributed by atoms with Gasteiger partial charge in [0.05, 0.1) is 11.0 Å². The lowest BCUT2D eigenvalue weighted by Crippen LogP contribution is -2.19. The quantitative estimate of drug-likeness (QED) is 0.798. The zero-order chi connectivity index (χ0) is 12.7. The fourth-order valence-corrected chi connectivity index (χ4v) is 2.48. The molecule has 1 aromatic heterocycles. The van der Waals surface area contributed by atoms with Gasteiger partial charge in [0.25, 0.3) is 0 Å². The Balaban J connectivity index is 2.86. The number of ketones is 1. The number of carbonyl (C=O) groups is 1. The number of hydrogen-bond acceptors (Lipinski definition) is 2. The highest BCUT2D eigenvalue weighted by Gasteiger charge is 2.14. The SMILES string of the molecule is CCC(=O)c1cc2c(cc1Br)n(C)c(=O)n2C. The van der Waals surface area contributed by atoms with E-state index < -0.39 is 0 Å². The van der Waals surface area contributed by atoms with Gasteiger partial charge >= 0.3 is 5.69 Å². The molecule has 2 rings (SSSR count). The van der Waals surface area contributed by atoms with Gasteiger partial charge in [0.2, 0.25) is 0 Å². The van der Waals surface area contributed by atoms with Gasteiger partial charge in [-0.3, -0.25) is 13.9 Å². The molecule has 0 radical (unpaired) electrons. The predicted octanol–water partition coefficient (Wildman–Crippen LogP) is 2.23. The highest BCUT2D eigenvalue weighted by Crippen LogP contribution is 2.24. The summed E-state index contributed by atoms with van der Waals surface area (Å²) in [7, 11) is 3.43. The Morgan fingerprint density at radius 1 is 1.24 bits per heavy atom. The molecule has 0 saturated heterocycles. The third-order valence-corrected chi connectivity index (χ3v) is 3.64. The van der Waals surface area contributed by atoms with Crippen molar-refractivity contribution < 1.29 is 4.79 Å². The molecular formula is C12H13BrN2O2. The van der Waals surface area contributed by atoms with E-state index >= 15 is 0 Å². The predicted molar refractivity (Wildman–Crippen MR) is 70.5 cm³/mol. The summed E-state index contributed by atoms with van der Waals surface area (Å²) in [6.07, 6.45) is 0.449. The average Bonchev–Trinajstić information content (AvgIpc) is 2.53. The number of benzene rings is 1. The fourth-order valence-electron chi connectivity index (χ4n) is 1.92. The van der Waals surface area contributed by atoms with Crippen LogP contribution < -0.4 is 5.69 Å². The third-order valence-electron chi connectivity index (χ3n) is 2.98. The van der Waals surface area contributed by atoms with Crippen molar-refractivity contribution in [2.24, 2.45) is 14.1 Å². The van der Waals surface area contributed by atoms with E-state index in [1.165, 1.54) is 0 Å². The molecule has 17 heavy (non-hydrogen) atoms. The number of nitrogens with zero attached hydrogens (tertiary/aromatic N) is 2. The van der Waals surface area contributed by atoms with Crippen molar-refractivity contribution in [1.82, 2.24) is 9.13 Å². The third kappa shape index (κ3) is 1.74. The minimum absolute atomic E-state index is 0.0649. The Hall–Kier alpha value is -1.36. The van der Waals surface area contributed by atoms with Gasteiger partial charge in [-0.1, -0.05) is 6.92 Å². The summed E-state index contributed by atoms with van der Waals surface area (Å²) in [5, 5.41) is 0. The number of fused-ring (bicyclic) bond motifs is 1. The summed E-state index contributed by atoms with van der Waals surface area (Å²) in [5.41, 5.74) is 2.13. The lowest BCUT2D eigenvalue weighted by atomic mass is 10.1. The summed E-state index contributed by atoms with van der Waals surface area (Å²) in [6.45, 7) is 1.82. The summed E-state index contributed by atoms with van der Waals surface area (Å²) < 4.78 is 3.85. The number of aryl methyl sites for hydroxylation is 2. The average molecular weight is 297 g/mol. The lowest BCUT2D eigenvalue weighted by molar-refractivity contribution is 0.0987. The zero-order valence-electron chi connectivity index (χ0n) is 9.95. The summed E-state index contributed by atoms with van der Waals surface area (Å²) in [5.74, 6) is 0.0649. The zero-order valence-corrected chi connectivity index (χ0v) is 11.5. The van der Waals surface area contributed by atoms with E-state index in [-0.39, 0.29) is 11.5 Å². The Labute approximate surface area is 107 Å². The Bertz CT molecular complexity index is 667. The minimum atomic E-state index is -0.0898. The molecule has 2 aromatic rings. The first-order valence-corrected chi connectivity index (χ1v) is 6.14. The van der Waals surface area contributed by atoms with Gasteiger partial charge in [-0.15, -0.1) is 0 Å². The van der Waals surface area contributed by atoms with Crippen LogP contribution >= 0.6 is 15.9 Å². The first-order valence-electron chi connectivity index (χ1n) is 5.35. The molecule has 0 aliphatic carbocycles. The molecule has 0 atom stereocenters. The summed E-state index contributed by atoms with van der Waals surface area (Å²) in [6, 6.07) is 3.59. The Morgan fingerprint density at radius 2 is 1.76 bits per heavy atom. The van der Waals surface area contributed by atoms with Crippen molar-refractivity contribution >= 4 is 32.7 Å². The van der Waals surface area contributed by atoms with Gasteiger partial charge in [-0.25, -0.2) is 4.79 Å². The smallest absolute Gasteiger partial charge is 0.295 e. The van der Waals surface area contributed by atoms with E-state index in [0.29, 0.717) is 12.0 Å². The van der Waals surface area contributed by atoms with Gasteiger partial charge in [0.15, 0.2) is 5.78 Å². The monoisotopic (exact) mass is 296 g/mol. The molecule has 4 nitrogen and oxygen atoms in total. The number of imidazole rings is 1. The second kappa shape index (κ2) is 4.14. The van der Waals surface area contributed by atoms with Gasteiger partial charge < -0.3 is 0 Å². The highest BCUT2D eigenvalue weighted by atomic mass is 79.9. The number of aromatic nitrogens is 2. The molecule has 1 heterocycles. The largest absolute Gasteiger partial charge is 0.328 e. The number of carbonyl (C=O) groups excluding carboxylic acids is 1. The van der Waals surface area contributed by atoms with Crippen LogP contribution in [0.15, 0.2) is 21.4 Å². The first kappa shape index (κ1) is 12.1. The Morgan fingerprint density at radius 3 is 2.29 bits per heavy atom. The van der Waals surface area contributed by atoms with Crippen LogP contribution in [-0.2, 0) is 14.1 Å². The molecule has 0 unspecified atom stereocenters.